The molecule has 0 spiro atoms. The highest BCUT2D eigenvalue weighted by molar-refractivity contribution is 14.2. The predicted molar refractivity (Wildman–Crippen MR) is 40.1 cm³/mol. The van der Waals surface area contributed by atoms with Crippen LogP contribution in [-0.4, -0.2) is 10.6 Å². The number of hydrogen-bond donors (Lipinski definition) is 0. The van der Waals surface area contributed by atoms with Gasteiger partial charge in [0.25, 0.3) is 0 Å². The summed E-state index contributed by atoms with van der Waals surface area (Å²) in [6.45, 7) is 0. The van der Waals surface area contributed by atoms with Crippen LogP contribution in [0, 0.1) is 0 Å². The van der Waals surface area contributed by atoms with Crippen molar-refractivity contribution in [1.82, 2.24) is 0 Å². The Morgan fingerprint density at radius 2 is 2.20 bits per heavy atom. The standard InChI is InChI=1S/C2H3IS2/c1-5(3)2-4/h1H3. The number of hydrogen-bond acceptors (Lipinski definition) is 1. The normalized spacial score (nSPS) is 13.2. The summed E-state index contributed by atoms with van der Waals surface area (Å²) in [4.78, 5) is 0. The molecule has 0 nitrogen and oxygen atoms in total. The maximum atomic E-state index is 4.43. The van der Waals surface area contributed by atoms with Crippen molar-refractivity contribution in [3.05, 3.63) is 0 Å². The largest absolute Gasteiger partial charge is 0.0716 e. The Bertz CT molecular complexity index is 67.7. The summed E-state index contributed by atoms with van der Waals surface area (Å²) >= 11 is 6.65. The average molecular weight is 218 g/mol. The lowest BCUT2D eigenvalue weighted by Crippen LogP contribution is -1.32. The van der Waals surface area contributed by atoms with E-state index in [9.17, 15) is 0 Å². The molecule has 0 aromatic rings. The fraction of sp³-hybridized carbons (Fsp3) is 0.500. The fourth-order valence-corrected chi connectivity index (χ4v) is 0. The van der Waals surface area contributed by atoms with Crippen molar-refractivity contribution >= 4 is 45.4 Å². The van der Waals surface area contributed by atoms with Gasteiger partial charge in [0.15, 0.2) is 0 Å². The molecule has 0 bridgehead atoms. The van der Waals surface area contributed by atoms with E-state index in [1.807, 2.05) is 6.26 Å². The summed E-state index contributed by atoms with van der Waals surface area (Å²) in [6, 6.07) is 0. The summed E-state index contributed by atoms with van der Waals surface area (Å²) in [5.74, 6) is 0. The van der Waals surface area contributed by atoms with Crippen molar-refractivity contribution in [2.45, 2.75) is 0 Å². The number of rotatable bonds is 0. The Balaban J connectivity index is 3.60. The van der Waals surface area contributed by atoms with E-state index in [2.05, 4.69) is 37.7 Å². The lowest BCUT2D eigenvalue weighted by molar-refractivity contribution is 2.54. The third kappa shape index (κ3) is 5.08. The van der Waals surface area contributed by atoms with Gasteiger partial charge in [0.1, 0.15) is 0 Å². The molecule has 0 N–H and O–H groups in total. The first-order valence-corrected chi connectivity index (χ1v) is 5.55. The zero-order valence-corrected chi connectivity index (χ0v) is 6.48. The Morgan fingerprint density at radius 3 is 2.20 bits per heavy atom. The first-order valence-electron chi connectivity index (χ1n) is 0.971. The van der Waals surface area contributed by atoms with E-state index in [4.69, 9.17) is 0 Å². The third-order valence-electron chi connectivity index (χ3n) is 0.115. The molecule has 0 amide bonds. The van der Waals surface area contributed by atoms with Gasteiger partial charge in [0, 0.05) is 0 Å². The minimum absolute atomic E-state index is 0.212. The van der Waals surface area contributed by atoms with E-state index in [0.717, 1.165) is 0 Å². The van der Waals surface area contributed by atoms with Crippen LogP contribution in [0.15, 0.2) is 0 Å². The minimum Gasteiger partial charge on any atom is -0.0716 e. The van der Waals surface area contributed by atoms with E-state index in [-0.39, 0.29) is 7.66 Å². The Morgan fingerprint density at radius 1 is 2.00 bits per heavy atom. The van der Waals surface area contributed by atoms with Crippen LogP contribution < -0.4 is 0 Å². The van der Waals surface area contributed by atoms with Crippen LogP contribution in [0.4, 0.5) is 0 Å². The number of thiocarbonyl (C=S) groups is 1. The molecule has 3 heteroatoms. The molecule has 0 saturated heterocycles. The molecule has 0 aliphatic rings. The van der Waals surface area contributed by atoms with E-state index >= 15 is 0 Å². The quantitative estimate of drug-likeness (QED) is 0.443. The highest BCUT2D eigenvalue weighted by Crippen LogP contribution is 2.13. The second-order valence-corrected chi connectivity index (χ2v) is 6.02. The summed E-state index contributed by atoms with van der Waals surface area (Å²) in [5.41, 5.74) is 0. The predicted octanol–water partition coefficient (Wildman–Crippen LogP) is 2.07. The van der Waals surface area contributed by atoms with Gasteiger partial charge in [-0.15, -0.1) is 0 Å². The van der Waals surface area contributed by atoms with Crippen molar-refractivity contribution in [1.29, 1.82) is 0 Å². The molecule has 0 saturated carbocycles. The molecule has 5 heavy (non-hydrogen) atoms. The average Bonchev–Trinajstić information content (AvgIpc) is 1.38. The zero-order chi connectivity index (χ0) is 4.28. The lowest BCUT2D eigenvalue weighted by atomic mass is 11.9. The van der Waals surface area contributed by atoms with Crippen LogP contribution in [0.3, 0.4) is 0 Å². The summed E-state index contributed by atoms with van der Waals surface area (Å²) in [7, 11) is 0.212. The molecular formula is C2H3IS2. The van der Waals surface area contributed by atoms with Gasteiger partial charge in [-0.2, -0.15) is 0 Å². The van der Waals surface area contributed by atoms with Crippen LogP contribution in [0.2, 0.25) is 0 Å². The molecule has 0 rings (SSSR count). The first kappa shape index (κ1) is 6.08. The Hall–Kier alpha value is 1.08. The van der Waals surface area contributed by atoms with Gasteiger partial charge in [0.05, 0.1) is 0 Å². The minimum atomic E-state index is 0.212. The highest BCUT2D eigenvalue weighted by Gasteiger charge is 1.58. The van der Waals surface area contributed by atoms with Gasteiger partial charge in [0.2, 0.25) is 0 Å². The molecule has 0 aliphatic heterocycles. The van der Waals surface area contributed by atoms with Gasteiger partial charge >= 0.3 is 0 Å². The van der Waals surface area contributed by atoms with Gasteiger partial charge in [-0.25, -0.2) is 0 Å². The van der Waals surface area contributed by atoms with E-state index in [1.165, 1.54) is 0 Å². The molecule has 1 atom stereocenters. The van der Waals surface area contributed by atoms with Crippen molar-refractivity contribution in [3.63, 3.8) is 0 Å². The van der Waals surface area contributed by atoms with E-state index in [1.54, 1.807) is 0 Å². The van der Waals surface area contributed by atoms with Crippen molar-refractivity contribution in [3.8, 4) is 0 Å². The molecule has 0 fully saturated rings. The smallest absolute Gasteiger partial charge is 0.00214 e. The topological polar surface area (TPSA) is 0 Å². The SMILES string of the molecule is CS(I)=C=S. The van der Waals surface area contributed by atoms with Crippen molar-refractivity contribution in [2.24, 2.45) is 0 Å². The Kier molecular flexibility index (Phi) is 3.98. The second-order valence-electron chi connectivity index (χ2n) is 0.519. The molecule has 0 aromatic heterocycles. The van der Waals surface area contributed by atoms with Gasteiger partial charge in [-0.3, -0.25) is 0 Å². The van der Waals surface area contributed by atoms with Crippen LogP contribution in [0.1, 0.15) is 0 Å². The summed E-state index contributed by atoms with van der Waals surface area (Å²) in [6.07, 6.45) is 2.02. The summed E-state index contributed by atoms with van der Waals surface area (Å²) < 4.78 is 2.63. The van der Waals surface area contributed by atoms with Crippen LogP contribution in [0.25, 0.3) is 0 Å². The van der Waals surface area contributed by atoms with Gasteiger partial charge in [-0.05, 0) is 44.0 Å². The molecule has 30 valence electrons. The molecule has 0 aromatic carbocycles. The molecule has 0 aliphatic carbocycles. The molecule has 0 heterocycles. The van der Waals surface area contributed by atoms with Crippen molar-refractivity contribution in [2.75, 3.05) is 6.26 Å². The second kappa shape index (κ2) is 3.28. The van der Waals surface area contributed by atoms with Crippen LogP contribution >= 0.6 is 41.1 Å². The number of halogens is 1. The zero-order valence-electron chi connectivity index (χ0n) is 2.69. The fourth-order valence-electron chi connectivity index (χ4n) is 0. The lowest BCUT2D eigenvalue weighted by Gasteiger charge is -1.65. The molecular weight excluding hydrogens is 215 g/mol. The highest BCUT2D eigenvalue weighted by atomic mass is 127. The first-order chi connectivity index (χ1) is 2.27. The van der Waals surface area contributed by atoms with Crippen LogP contribution in [0.5, 0.6) is 0 Å². The van der Waals surface area contributed by atoms with Crippen LogP contribution in [-0.2, 0) is 0 Å². The third-order valence-corrected chi connectivity index (χ3v) is 2.65. The molecule has 0 radical (unpaired) electrons. The maximum Gasteiger partial charge on any atom is -0.00214 e. The van der Waals surface area contributed by atoms with E-state index in [0.29, 0.717) is 0 Å². The summed E-state index contributed by atoms with van der Waals surface area (Å²) in [5, 5.41) is 0. The monoisotopic (exact) mass is 218 g/mol. The Labute approximate surface area is 51.5 Å². The van der Waals surface area contributed by atoms with Crippen molar-refractivity contribution < 1.29 is 0 Å². The van der Waals surface area contributed by atoms with Gasteiger partial charge in [-0.1, -0.05) is 7.66 Å². The van der Waals surface area contributed by atoms with E-state index < -0.39 is 0 Å². The molecule has 1 unspecified atom stereocenters. The van der Waals surface area contributed by atoms with Gasteiger partial charge < -0.3 is 0 Å². The maximum absolute atomic E-state index is 4.43.